The lowest BCUT2D eigenvalue weighted by Crippen LogP contribution is -2.37. The van der Waals surface area contributed by atoms with E-state index in [1.807, 2.05) is 60.0 Å². The minimum absolute atomic E-state index is 0.220. The van der Waals surface area contributed by atoms with Crippen LogP contribution in [0.25, 0.3) is 27.8 Å². The van der Waals surface area contributed by atoms with Crippen molar-refractivity contribution in [2.75, 3.05) is 12.4 Å². The maximum absolute atomic E-state index is 13.6. The van der Waals surface area contributed by atoms with E-state index in [4.69, 9.17) is 4.74 Å². The second-order valence-electron chi connectivity index (χ2n) is 8.34. The molecule has 0 fully saturated rings. The lowest BCUT2D eigenvalue weighted by Gasteiger charge is -2.30. The first-order valence-corrected chi connectivity index (χ1v) is 11.8. The molecule has 170 valence electrons. The fourth-order valence-corrected chi connectivity index (χ4v) is 5.69. The number of para-hydroxylation sites is 2. The Balaban J connectivity index is 1.85. The Labute approximate surface area is 199 Å². The quantitative estimate of drug-likeness (QED) is 0.427. The van der Waals surface area contributed by atoms with E-state index in [2.05, 4.69) is 16.0 Å². The number of anilines is 1. The molecule has 1 atom stereocenters. The standard InChI is InChI=1S/C26H22N4O3S/c1-28-23-20(25(31)29(2)26(28)32)22(15-10-12-16(33-3)13-11-15)30-18-8-5-4-7-17(18)27-21(24(23)30)19-9-6-14-34-19/h4-14,21,27H,1-3H3/t21-/m0/s1. The molecular formula is C26H22N4O3S. The zero-order chi connectivity index (χ0) is 23.6. The molecule has 3 aromatic heterocycles. The van der Waals surface area contributed by atoms with Gasteiger partial charge in [0.15, 0.2) is 0 Å². The van der Waals surface area contributed by atoms with Crippen molar-refractivity contribution in [1.29, 1.82) is 0 Å². The van der Waals surface area contributed by atoms with Crippen molar-refractivity contribution in [3.8, 4) is 22.7 Å². The summed E-state index contributed by atoms with van der Waals surface area (Å²) in [5, 5.41) is 6.21. The Morgan fingerprint density at radius 1 is 0.941 bits per heavy atom. The molecule has 1 aliphatic rings. The van der Waals surface area contributed by atoms with E-state index < -0.39 is 0 Å². The number of aromatic nitrogens is 3. The number of fused-ring (bicyclic) bond motifs is 5. The minimum atomic E-state index is -0.351. The Hall–Kier alpha value is -4.04. The summed E-state index contributed by atoms with van der Waals surface area (Å²) in [6.45, 7) is 0. The normalized spacial score (nSPS) is 14.5. The smallest absolute Gasteiger partial charge is 0.331 e. The molecule has 1 N–H and O–H groups in total. The third-order valence-electron chi connectivity index (χ3n) is 6.52. The molecule has 5 aromatic rings. The van der Waals surface area contributed by atoms with E-state index in [1.54, 1.807) is 30.1 Å². The van der Waals surface area contributed by atoms with Gasteiger partial charge in [0, 0.05) is 19.0 Å². The zero-order valence-electron chi connectivity index (χ0n) is 18.9. The van der Waals surface area contributed by atoms with Gasteiger partial charge in [-0.25, -0.2) is 4.79 Å². The molecule has 0 aliphatic carbocycles. The minimum Gasteiger partial charge on any atom is -0.497 e. The molecule has 0 saturated carbocycles. The molecule has 0 unspecified atom stereocenters. The van der Waals surface area contributed by atoms with Crippen molar-refractivity contribution in [3.05, 3.63) is 97.5 Å². The van der Waals surface area contributed by atoms with E-state index in [9.17, 15) is 9.59 Å². The van der Waals surface area contributed by atoms with Crippen LogP contribution in [0, 0.1) is 0 Å². The number of benzene rings is 2. The highest BCUT2D eigenvalue weighted by molar-refractivity contribution is 7.10. The highest BCUT2D eigenvalue weighted by Gasteiger charge is 2.35. The number of nitrogens with one attached hydrogen (secondary N) is 1. The molecule has 4 heterocycles. The average molecular weight is 471 g/mol. The first-order chi connectivity index (χ1) is 16.5. The van der Waals surface area contributed by atoms with Crippen LogP contribution in [-0.4, -0.2) is 20.8 Å². The molecule has 0 saturated heterocycles. The van der Waals surface area contributed by atoms with Gasteiger partial charge in [0.25, 0.3) is 5.56 Å². The summed E-state index contributed by atoms with van der Waals surface area (Å²) in [7, 11) is 4.89. The van der Waals surface area contributed by atoms with E-state index in [0.29, 0.717) is 10.9 Å². The van der Waals surface area contributed by atoms with Gasteiger partial charge in [-0.1, -0.05) is 18.2 Å². The fraction of sp³-hybridized carbons (Fsp3) is 0.154. The second-order valence-corrected chi connectivity index (χ2v) is 9.32. The zero-order valence-corrected chi connectivity index (χ0v) is 19.7. The molecule has 34 heavy (non-hydrogen) atoms. The van der Waals surface area contributed by atoms with Crippen LogP contribution in [0.15, 0.2) is 75.6 Å². The van der Waals surface area contributed by atoms with E-state index in [-0.39, 0.29) is 17.3 Å². The van der Waals surface area contributed by atoms with E-state index >= 15 is 0 Å². The Morgan fingerprint density at radius 2 is 1.71 bits per heavy atom. The molecule has 0 spiro atoms. The van der Waals surface area contributed by atoms with Crippen LogP contribution in [0.2, 0.25) is 0 Å². The number of nitrogens with zero attached hydrogens (tertiary/aromatic N) is 3. The summed E-state index contributed by atoms with van der Waals surface area (Å²) in [6, 6.07) is 19.6. The molecule has 7 nitrogen and oxygen atoms in total. The van der Waals surface area contributed by atoms with Gasteiger partial charge in [0.1, 0.15) is 11.8 Å². The monoisotopic (exact) mass is 470 g/mol. The van der Waals surface area contributed by atoms with Gasteiger partial charge in [-0.2, -0.15) is 0 Å². The Kier molecular flexibility index (Phi) is 4.53. The molecule has 0 bridgehead atoms. The van der Waals surface area contributed by atoms with Gasteiger partial charge in [-0.05, 0) is 53.4 Å². The summed E-state index contributed by atoms with van der Waals surface area (Å²) >= 11 is 1.64. The van der Waals surface area contributed by atoms with Gasteiger partial charge in [-0.3, -0.25) is 13.9 Å². The molecule has 8 heteroatoms. The summed E-state index contributed by atoms with van der Waals surface area (Å²) in [6.07, 6.45) is 0. The largest absolute Gasteiger partial charge is 0.497 e. The van der Waals surface area contributed by atoms with E-state index in [0.717, 1.165) is 39.0 Å². The number of hydrogen-bond donors (Lipinski definition) is 1. The van der Waals surface area contributed by atoms with Crippen LogP contribution >= 0.6 is 11.3 Å². The number of aryl methyl sites for hydroxylation is 1. The van der Waals surface area contributed by atoms with Crippen molar-refractivity contribution in [2.45, 2.75) is 6.04 Å². The van der Waals surface area contributed by atoms with Crippen molar-refractivity contribution in [2.24, 2.45) is 14.1 Å². The predicted octanol–water partition coefficient (Wildman–Crippen LogP) is 4.28. The Bertz CT molecular complexity index is 1670. The highest BCUT2D eigenvalue weighted by Crippen LogP contribution is 2.46. The summed E-state index contributed by atoms with van der Waals surface area (Å²) in [4.78, 5) is 27.8. The van der Waals surface area contributed by atoms with Crippen LogP contribution in [-0.2, 0) is 14.1 Å². The average Bonchev–Trinajstić information content (AvgIpc) is 3.53. The van der Waals surface area contributed by atoms with E-state index in [1.165, 1.54) is 11.6 Å². The molecule has 6 rings (SSSR count). The first-order valence-electron chi connectivity index (χ1n) is 10.9. The first kappa shape index (κ1) is 20.6. The molecule has 0 radical (unpaired) electrons. The molecule has 2 aromatic carbocycles. The lowest BCUT2D eigenvalue weighted by atomic mass is 10.1. The predicted molar refractivity (Wildman–Crippen MR) is 136 cm³/mol. The number of hydrogen-bond acceptors (Lipinski definition) is 5. The number of ether oxygens (including phenoxy) is 1. The lowest BCUT2D eigenvalue weighted by molar-refractivity contribution is 0.415. The van der Waals surface area contributed by atoms with Crippen LogP contribution in [0.5, 0.6) is 5.75 Å². The maximum Gasteiger partial charge on any atom is 0.331 e. The van der Waals surface area contributed by atoms with Gasteiger partial charge in [0.2, 0.25) is 0 Å². The third kappa shape index (κ3) is 2.75. The van der Waals surface area contributed by atoms with Crippen LogP contribution < -0.4 is 21.3 Å². The van der Waals surface area contributed by atoms with Gasteiger partial charge < -0.3 is 14.6 Å². The second kappa shape index (κ2) is 7.50. The topological polar surface area (TPSA) is 70.2 Å². The molecular weight excluding hydrogens is 448 g/mol. The summed E-state index contributed by atoms with van der Waals surface area (Å²) in [5.41, 5.74) is 4.38. The van der Waals surface area contributed by atoms with Crippen LogP contribution in [0.1, 0.15) is 16.6 Å². The number of rotatable bonds is 3. The Morgan fingerprint density at radius 3 is 2.41 bits per heavy atom. The van der Waals surface area contributed by atoms with Crippen LogP contribution in [0.4, 0.5) is 5.69 Å². The number of methoxy groups -OCH3 is 1. The highest BCUT2D eigenvalue weighted by atomic mass is 32.1. The molecule has 0 amide bonds. The van der Waals surface area contributed by atoms with Gasteiger partial charge in [0.05, 0.1) is 40.8 Å². The SMILES string of the molecule is COc1ccc(-c2c3c(=O)n(C)c(=O)n(C)c3c3n2-c2ccccc2N[C@H]3c2cccs2)cc1. The maximum atomic E-state index is 13.6. The third-order valence-corrected chi connectivity index (χ3v) is 7.46. The van der Waals surface area contributed by atoms with Crippen molar-refractivity contribution in [3.63, 3.8) is 0 Å². The van der Waals surface area contributed by atoms with Crippen LogP contribution in [0.3, 0.4) is 0 Å². The van der Waals surface area contributed by atoms with Crippen molar-refractivity contribution >= 4 is 27.9 Å². The fourth-order valence-electron chi connectivity index (χ4n) is 4.91. The summed E-state index contributed by atoms with van der Waals surface area (Å²) in [5.74, 6) is 0.734. The van der Waals surface area contributed by atoms with Crippen molar-refractivity contribution in [1.82, 2.24) is 13.7 Å². The number of thiophene rings is 1. The van der Waals surface area contributed by atoms with Crippen molar-refractivity contribution < 1.29 is 4.74 Å². The molecule has 1 aliphatic heterocycles. The van der Waals surface area contributed by atoms with Gasteiger partial charge >= 0.3 is 5.69 Å². The summed E-state index contributed by atoms with van der Waals surface area (Å²) < 4.78 is 10.3. The van der Waals surface area contributed by atoms with Gasteiger partial charge in [-0.15, -0.1) is 11.3 Å².